The van der Waals surface area contributed by atoms with Crippen molar-refractivity contribution < 1.29 is 27.6 Å². The molecular formula is C32H40ClF2N8O3+. The van der Waals surface area contributed by atoms with Crippen LogP contribution in [0.4, 0.5) is 20.3 Å². The Kier molecular flexibility index (Phi) is 9.64. The molecular weight excluding hydrogens is 618 g/mol. The van der Waals surface area contributed by atoms with Crippen molar-refractivity contribution in [1.82, 2.24) is 24.3 Å². The van der Waals surface area contributed by atoms with Gasteiger partial charge in [0.25, 0.3) is 11.8 Å². The summed E-state index contributed by atoms with van der Waals surface area (Å²) in [5.41, 5.74) is 0.636. The van der Waals surface area contributed by atoms with Gasteiger partial charge in [0.05, 0.1) is 55.2 Å². The Morgan fingerprint density at radius 1 is 1.04 bits per heavy atom. The zero-order valence-electron chi connectivity index (χ0n) is 26.8. The number of amides is 3. The molecule has 246 valence electrons. The standard InChI is InChI=1S/C32H39ClF2N8O3/c1-39(2)29-25(34)18-23(28(35)38-29)26-19-36-30(40(26)3)31(45)37-21-6-7-22(24(33)17-21)32(46)42-12-10-41(11-13-42)27(44)16-20-8-14-43(4,5)15-9-20/h6-7,17-20H,8-16H2,1-5H3/p+1. The van der Waals surface area contributed by atoms with Crippen molar-refractivity contribution in [3.05, 3.63) is 58.6 Å². The second-order valence-corrected chi connectivity index (χ2v) is 13.3. The van der Waals surface area contributed by atoms with Crippen molar-refractivity contribution in [2.24, 2.45) is 13.0 Å². The third kappa shape index (κ3) is 7.15. The summed E-state index contributed by atoms with van der Waals surface area (Å²) < 4.78 is 31.6. The van der Waals surface area contributed by atoms with Crippen LogP contribution in [0.5, 0.6) is 0 Å². The van der Waals surface area contributed by atoms with E-state index in [4.69, 9.17) is 11.6 Å². The number of hydrogen-bond donors (Lipinski definition) is 1. The third-order valence-electron chi connectivity index (χ3n) is 8.93. The van der Waals surface area contributed by atoms with Gasteiger partial charge in [0.2, 0.25) is 11.9 Å². The third-order valence-corrected chi connectivity index (χ3v) is 9.24. The highest BCUT2D eigenvalue weighted by Gasteiger charge is 2.31. The summed E-state index contributed by atoms with van der Waals surface area (Å²) in [6, 6.07) is 5.59. The number of carbonyl (C=O) groups is 3. The Morgan fingerprint density at radius 2 is 1.70 bits per heavy atom. The van der Waals surface area contributed by atoms with E-state index >= 15 is 0 Å². The van der Waals surface area contributed by atoms with Crippen molar-refractivity contribution in [2.75, 3.05) is 77.7 Å². The Morgan fingerprint density at radius 3 is 2.33 bits per heavy atom. The predicted octanol–water partition coefficient (Wildman–Crippen LogP) is 3.89. The molecule has 14 heteroatoms. The highest BCUT2D eigenvalue weighted by atomic mass is 35.5. The zero-order chi connectivity index (χ0) is 33.3. The fourth-order valence-corrected chi connectivity index (χ4v) is 6.27. The van der Waals surface area contributed by atoms with Crippen LogP contribution >= 0.6 is 11.6 Å². The summed E-state index contributed by atoms with van der Waals surface area (Å²) in [6.45, 7) is 3.94. The van der Waals surface area contributed by atoms with Crippen molar-refractivity contribution >= 4 is 40.8 Å². The first-order chi connectivity index (χ1) is 21.7. The van der Waals surface area contributed by atoms with Gasteiger partial charge in [0, 0.05) is 72.3 Å². The van der Waals surface area contributed by atoms with Crippen molar-refractivity contribution in [1.29, 1.82) is 0 Å². The number of nitrogens with zero attached hydrogens (tertiary/aromatic N) is 7. The van der Waals surface area contributed by atoms with E-state index in [2.05, 4.69) is 29.4 Å². The monoisotopic (exact) mass is 657 g/mol. The van der Waals surface area contributed by atoms with Gasteiger partial charge in [-0.1, -0.05) is 11.6 Å². The van der Waals surface area contributed by atoms with Gasteiger partial charge in [-0.15, -0.1) is 0 Å². The first kappa shape index (κ1) is 33.3. The highest BCUT2D eigenvalue weighted by Crippen LogP contribution is 2.28. The Bertz CT molecular complexity index is 1640. The number of pyridine rings is 1. The second-order valence-electron chi connectivity index (χ2n) is 12.9. The Hall–Kier alpha value is -4.10. The molecule has 2 aliphatic heterocycles. The Labute approximate surface area is 272 Å². The Balaban J connectivity index is 1.18. The summed E-state index contributed by atoms with van der Waals surface area (Å²) in [5, 5.41) is 2.85. The number of quaternary nitrogens is 1. The summed E-state index contributed by atoms with van der Waals surface area (Å²) in [7, 11) is 9.06. The number of likely N-dealkylation sites (tertiary alicyclic amines) is 1. The van der Waals surface area contributed by atoms with Crippen LogP contribution in [0.1, 0.15) is 40.2 Å². The van der Waals surface area contributed by atoms with Gasteiger partial charge in [-0.05, 0) is 30.2 Å². The molecule has 46 heavy (non-hydrogen) atoms. The molecule has 0 atom stereocenters. The highest BCUT2D eigenvalue weighted by molar-refractivity contribution is 6.34. The first-order valence-electron chi connectivity index (χ1n) is 15.3. The maximum atomic E-state index is 14.7. The van der Waals surface area contributed by atoms with Gasteiger partial charge >= 0.3 is 0 Å². The number of hydrogen-bond acceptors (Lipinski definition) is 6. The zero-order valence-corrected chi connectivity index (χ0v) is 27.6. The maximum absolute atomic E-state index is 14.7. The number of halogens is 3. The van der Waals surface area contributed by atoms with Crippen LogP contribution in [0.25, 0.3) is 11.3 Å². The number of carbonyl (C=O) groups excluding carboxylic acids is 3. The lowest BCUT2D eigenvalue weighted by Crippen LogP contribution is -2.51. The minimum Gasteiger partial charge on any atom is -0.360 e. The molecule has 5 rings (SSSR count). The molecule has 0 bridgehead atoms. The van der Waals surface area contributed by atoms with E-state index in [1.807, 2.05) is 4.90 Å². The number of rotatable bonds is 7. The minimum absolute atomic E-state index is 0.0540. The largest absolute Gasteiger partial charge is 0.360 e. The lowest BCUT2D eigenvalue weighted by atomic mass is 9.92. The van der Waals surface area contributed by atoms with Gasteiger partial charge in [0.1, 0.15) is 0 Å². The molecule has 11 nitrogen and oxygen atoms in total. The molecule has 1 N–H and O–H groups in total. The quantitative estimate of drug-likeness (QED) is 0.306. The van der Waals surface area contributed by atoms with E-state index in [1.165, 1.54) is 28.8 Å². The van der Waals surface area contributed by atoms with Crippen LogP contribution in [0.15, 0.2) is 30.5 Å². The lowest BCUT2D eigenvalue weighted by molar-refractivity contribution is -0.896. The molecule has 0 aliphatic carbocycles. The van der Waals surface area contributed by atoms with Gasteiger partial charge in [0.15, 0.2) is 17.5 Å². The van der Waals surface area contributed by atoms with Crippen LogP contribution in [-0.4, -0.2) is 114 Å². The van der Waals surface area contributed by atoms with Gasteiger partial charge in [-0.25, -0.2) is 9.37 Å². The normalized spacial score (nSPS) is 16.8. The summed E-state index contributed by atoms with van der Waals surface area (Å²) >= 11 is 6.49. The summed E-state index contributed by atoms with van der Waals surface area (Å²) in [5.74, 6) is -2.11. The fourth-order valence-electron chi connectivity index (χ4n) is 6.00. The molecule has 4 heterocycles. The van der Waals surface area contributed by atoms with Gasteiger partial charge in [-0.2, -0.15) is 9.37 Å². The molecule has 0 radical (unpaired) electrons. The number of piperazine rings is 1. The summed E-state index contributed by atoms with van der Waals surface area (Å²) in [6.07, 6.45) is 3.93. The van der Waals surface area contributed by atoms with E-state index in [0.29, 0.717) is 44.2 Å². The molecule has 1 aromatic carbocycles. The molecule has 2 aliphatic rings. The fraction of sp³-hybridized carbons (Fsp3) is 0.469. The van der Waals surface area contributed by atoms with E-state index in [0.717, 1.165) is 36.5 Å². The van der Waals surface area contributed by atoms with Crippen molar-refractivity contribution in [3.63, 3.8) is 0 Å². The topological polar surface area (TPSA) is 104 Å². The molecule has 0 unspecified atom stereocenters. The lowest BCUT2D eigenvalue weighted by Gasteiger charge is -2.38. The smallest absolute Gasteiger partial charge is 0.291 e. The van der Waals surface area contributed by atoms with Crippen LogP contribution in [0.3, 0.4) is 0 Å². The summed E-state index contributed by atoms with van der Waals surface area (Å²) in [4.78, 5) is 52.0. The predicted molar refractivity (Wildman–Crippen MR) is 172 cm³/mol. The average molecular weight is 658 g/mol. The van der Waals surface area contributed by atoms with Crippen LogP contribution in [0, 0.1) is 17.7 Å². The van der Waals surface area contributed by atoms with Crippen molar-refractivity contribution in [3.8, 4) is 11.3 Å². The SMILES string of the molecule is CN(C)c1nc(F)c(-c2cnc(C(=O)Nc3ccc(C(=O)N4CCN(C(=O)CC5CC[N+](C)(C)CC5)CC4)c(Cl)c3)n2C)cc1F. The minimum atomic E-state index is -0.900. The van der Waals surface area contributed by atoms with Crippen LogP contribution < -0.4 is 10.2 Å². The number of benzene rings is 1. The van der Waals surface area contributed by atoms with Crippen LogP contribution in [-0.2, 0) is 11.8 Å². The molecule has 2 saturated heterocycles. The molecule has 0 saturated carbocycles. The maximum Gasteiger partial charge on any atom is 0.291 e. The number of piperidine rings is 1. The first-order valence-corrected chi connectivity index (χ1v) is 15.7. The second kappa shape index (κ2) is 13.3. The van der Waals surface area contributed by atoms with Gasteiger partial charge < -0.3 is 29.1 Å². The molecule has 2 fully saturated rings. The van der Waals surface area contributed by atoms with Gasteiger partial charge in [-0.3, -0.25) is 14.4 Å². The number of nitrogens with one attached hydrogen (secondary N) is 1. The average Bonchev–Trinajstić information content (AvgIpc) is 3.39. The number of anilines is 2. The molecule has 0 spiro atoms. The number of aromatic nitrogens is 3. The van der Waals surface area contributed by atoms with E-state index in [9.17, 15) is 23.2 Å². The van der Waals surface area contributed by atoms with E-state index in [1.54, 1.807) is 31.1 Å². The number of imidazole rings is 1. The molecule has 2 aromatic heterocycles. The van der Waals surface area contributed by atoms with E-state index in [-0.39, 0.29) is 45.3 Å². The van der Waals surface area contributed by atoms with Crippen LogP contribution in [0.2, 0.25) is 5.02 Å². The van der Waals surface area contributed by atoms with E-state index < -0.39 is 17.7 Å². The molecule has 3 aromatic rings. The molecule has 3 amide bonds. The van der Waals surface area contributed by atoms with Crippen molar-refractivity contribution in [2.45, 2.75) is 19.3 Å².